The molecule has 2 aromatic heterocycles. The normalized spacial score (nSPS) is 15.9. The maximum atomic E-state index is 12.5. The molecule has 0 fully saturated rings. The molecule has 6 nitrogen and oxygen atoms in total. The standard InChI is InChI=1S/C19H19N5O/c25-18-16-11-22-19(21-10-15-7-4-8-20-9-15)23-17(16)13-24(18)12-14-5-2-1-3-6-14/h2,4-9,11H,1,3,10,12-13H2,(H,21,22,23). The first-order valence-corrected chi connectivity index (χ1v) is 8.43. The van der Waals surface area contributed by atoms with Gasteiger partial charge in [-0.1, -0.05) is 24.3 Å². The van der Waals surface area contributed by atoms with Gasteiger partial charge in [-0.2, -0.15) is 0 Å². The van der Waals surface area contributed by atoms with E-state index in [1.165, 1.54) is 5.57 Å². The van der Waals surface area contributed by atoms with E-state index in [0.717, 1.165) is 24.1 Å². The number of carbonyl (C=O) groups is 1. The Morgan fingerprint density at radius 2 is 2.20 bits per heavy atom. The Morgan fingerprint density at radius 3 is 3.00 bits per heavy atom. The quantitative estimate of drug-likeness (QED) is 0.911. The highest BCUT2D eigenvalue weighted by Gasteiger charge is 2.29. The number of carbonyl (C=O) groups excluding carboxylic acids is 1. The van der Waals surface area contributed by atoms with Crippen LogP contribution in [0.2, 0.25) is 0 Å². The molecule has 1 amide bonds. The Hall–Kier alpha value is -3.02. The summed E-state index contributed by atoms with van der Waals surface area (Å²) >= 11 is 0. The van der Waals surface area contributed by atoms with E-state index in [1.54, 1.807) is 18.6 Å². The van der Waals surface area contributed by atoms with Crippen LogP contribution in [0, 0.1) is 0 Å². The van der Waals surface area contributed by atoms with Crippen LogP contribution in [0.15, 0.2) is 54.5 Å². The van der Waals surface area contributed by atoms with Crippen molar-refractivity contribution in [1.29, 1.82) is 0 Å². The summed E-state index contributed by atoms with van der Waals surface area (Å²) in [5, 5.41) is 3.19. The highest BCUT2D eigenvalue weighted by atomic mass is 16.2. The van der Waals surface area contributed by atoms with Gasteiger partial charge < -0.3 is 10.2 Å². The lowest BCUT2D eigenvalue weighted by molar-refractivity contribution is 0.0793. The second kappa shape index (κ2) is 6.84. The minimum atomic E-state index is 0.00804. The van der Waals surface area contributed by atoms with Crippen molar-refractivity contribution in [2.75, 3.05) is 11.9 Å². The van der Waals surface area contributed by atoms with E-state index < -0.39 is 0 Å². The van der Waals surface area contributed by atoms with Crippen LogP contribution in [0.25, 0.3) is 0 Å². The molecule has 0 bridgehead atoms. The molecule has 0 atom stereocenters. The van der Waals surface area contributed by atoms with E-state index in [9.17, 15) is 4.79 Å². The Morgan fingerprint density at radius 1 is 1.24 bits per heavy atom. The number of aromatic nitrogens is 3. The zero-order chi connectivity index (χ0) is 17.1. The summed E-state index contributed by atoms with van der Waals surface area (Å²) in [6.45, 7) is 1.76. The van der Waals surface area contributed by atoms with Crippen LogP contribution in [0.4, 0.5) is 5.95 Å². The Kier molecular flexibility index (Phi) is 4.24. The van der Waals surface area contributed by atoms with Crippen LogP contribution in [-0.4, -0.2) is 32.3 Å². The fourth-order valence-electron chi connectivity index (χ4n) is 3.04. The van der Waals surface area contributed by atoms with Crippen LogP contribution in [0.5, 0.6) is 0 Å². The second-order valence-electron chi connectivity index (χ2n) is 6.19. The minimum Gasteiger partial charge on any atom is -0.350 e. The number of anilines is 1. The van der Waals surface area contributed by atoms with Gasteiger partial charge in [0.25, 0.3) is 5.91 Å². The molecule has 1 N–H and O–H groups in total. The molecule has 0 saturated carbocycles. The lowest BCUT2D eigenvalue weighted by atomic mass is 10.1. The number of fused-ring (bicyclic) bond motifs is 1. The number of hydrogen-bond donors (Lipinski definition) is 1. The SMILES string of the molecule is O=C1c2cnc(NCc3cccnc3)nc2CN1CC1=CCCC=C1. The largest absolute Gasteiger partial charge is 0.350 e. The number of hydrogen-bond acceptors (Lipinski definition) is 5. The number of rotatable bonds is 5. The van der Waals surface area contributed by atoms with Crippen molar-refractivity contribution in [2.45, 2.75) is 25.9 Å². The number of nitrogens with zero attached hydrogens (tertiary/aromatic N) is 4. The van der Waals surface area contributed by atoms with Crippen LogP contribution < -0.4 is 5.32 Å². The summed E-state index contributed by atoms with van der Waals surface area (Å²) in [4.78, 5) is 27.2. The van der Waals surface area contributed by atoms with Gasteiger partial charge in [-0.15, -0.1) is 0 Å². The van der Waals surface area contributed by atoms with Crippen molar-refractivity contribution in [1.82, 2.24) is 19.9 Å². The van der Waals surface area contributed by atoms with Crippen LogP contribution >= 0.6 is 0 Å². The third kappa shape index (κ3) is 3.42. The lowest BCUT2D eigenvalue weighted by Gasteiger charge is -2.17. The van der Waals surface area contributed by atoms with Crippen molar-refractivity contribution in [3.8, 4) is 0 Å². The molecule has 126 valence electrons. The maximum Gasteiger partial charge on any atom is 0.258 e. The van der Waals surface area contributed by atoms with Gasteiger partial charge in [-0.05, 0) is 30.0 Å². The molecule has 0 aromatic carbocycles. The second-order valence-corrected chi connectivity index (χ2v) is 6.19. The van der Waals surface area contributed by atoms with Crippen molar-refractivity contribution < 1.29 is 4.79 Å². The van der Waals surface area contributed by atoms with Crippen molar-refractivity contribution in [2.24, 2.45) is 0 Å². The van der Waals surface area contributed by atoms with Crippen molar-refractivity contribution >= 4 is 11.9 Å². The van der Waals surface area contributed by atoms with Gasteiger partial charge >= 0.3 is 0 Å². The van der Waals surface area contributed by atoms with Gasteiger partial charge in [0.2, 0.25) is 5.95 Å². The molecular weight excluding hydrogens is 314 g/mol. The van der Waals surface area contributed by atoms with Gasteiger partial charge in [-0.3, -0.25) is 9.78 Å². The van der Waals surface area contributed by atoms with Crippen molar-refractivity contribution in [3.63, 3.8) is 0 Å². The summed E-state index contributed by atoms with van der Waals surface area (Å²) in [5.41, 5.74) is 3.64. The fraction of sp³-hybridized carbons (Fsp3) is 0.263. The third-order valence-corrected chi connectivity index (χ3v) is 4.34. The van der Waals surface area contributed by atoms with Crippen molar-refractivity contribution in [3.05, 3.63) is 71.3 Å². The molecule has 4 rings (SSSR count). The van der Waals surface area contributed by atoms with Crippen LogP contribution in [0.3, 0.4) is 0 Å². The van der Waals surface area contributed by atoms with E-state index in [4.69, 9.17) is 0 Å². The molecule has 1 aliphatic heterocycles. The van der Waals surface area contributed by atoms with Crippen LogP contribution in [0.1, 0.15) is 34.5 Å². The smallest absolute Gasteiger partial charge is 0.258 e. The molecule has 0 radical (unpaired) electrons. The fourth-order valence-corrected chi connectivity index (χ4v) is 3.04. The van der Waals surface area contributed by atoms with E-state index in [-0.39, 0.29) is 5.91 Å². The minimum absolute atomic E-state index is 0.00804. The number of pyridine rings is 1. The molecule has 2 aromatic rings. The average Bonchev–Trinajstić information content (AvgIpc) is 2.97. The van der Waals surface area contributed by atoms with Gasteiger partial charge in [0.15, 0.2) is 0 Å². The summed E-state index contributed by atoms with van der Waals surface area (Å²) in [6.07, 6.45) is 13.8. The molecule has 2 aliphatic rings. The van der Waals surface area contributed by atoms with Gasteiger partial charge in [0.1, 0.15) is 0 Å². The maximum absolute atomic E-state index is 12.5. The average molecular weight is 333 g/mol. The summed E-state index contributed by atoms with van der Waals surface area (Å²) in [5.74, 6) is 0.544. The van der Waals surface area contributed by atoms with Gasteiger partial charge in [-0.25, -0.2) is 9.97 Å². The van der Waals surface area contributed by atoms with E-state index in [0.29, 0.717) is 31.1 Å². The molecule has 0 spiro atoms. The zero-order valence-corrected chi connectivity index (χ0v) is 13.9. The molecule has 6 heteroatoms. The first kappa shape index (κ1) is 15.5. The zero-order valence-electron chi connectivity index (χ0n) is 13.9. The summed E-state index contributed by atoms with van der Waals surface area (Å²) in [6, 6.07) is 3.88. The summed E-state index contributed by atoms with van der Waals surface area (Å²) < 4.78 is 0. The predicted octanol–water partition coefficient (Wildman–Crippen LogP) is 2.72. The monoisotopic (exact) mass is 333 g/mol. The highest BCUT2D eigenvalue weighted by Crippen LogP contribution is 2.23. The molecule has 25 heavy (non-hydrogen) atoms. The van der Waals surface area contributed by atoms with E-state index >= 15 is 0 Å². The van der Waals surface area contributed by atoms with Crippen LogP contribution in [-0.2, 0) is 13.1 Å². The summed E-state index contributed by atoms with van der Waals surface area (Å²) in [7, 11) is 0. The van der Waals surface area contributed by atoms with E-state index in [2.05, 4.69) is 38.5 Å². The molecule has 0 unspecified atom stereocenters. The van der Waals surface area contributed by atoms with Gasteiger partial charge in [0, 0.05) is 31.7 Å². The highest BCUT2D eigenvalue weighted by molar-refractivity contribution is 5.97. The Labute approximate surface area is 146 Å². The van der Waals surface area contributed by atoms with E-state index in [1.807, 2.05) is 17.0 Å². The molecule has 1 aliphatic carbocycles. The Balaban J connectivity index is 1.44. The lowest BCUT2D eigenvalue weighted by Crippen LogP contribution is -2.26. The topological polar surface area (TPSA) is 71.0 Å². The number of nitrogens with one attached hydrogen (secondary N) is 1. The molecular formula is C19H19N5O. The number of amides is 1. The molecule has 0 saturated heterocycles. The first-order valence-electron chi connectivity index (χ1n) is 8.43. The first-order chi connectivity index (χ1) is 12.3. The number of allylic oxidation sites excluding steroid dienone is 2. The predicted molar refractivity (Wildman–Crippen MR) is 94.8 cm³/mol. The third-order valence-electron chi connectivity index (χ3n) is 4.34. The van der Waals surface area contributed by atoms with Gasteiger partial charge in [0.05, 0.1) is 17.8 Å². The molecule has 3 heterocycles. The Bertz CT molecular complexity index is 844.